The van der Waals surface area contributed by atoms with E-state index >= 15 is 0 Å². The Hall–Kier alpha value is -2.53. The van der Waals surface area contributed by atoms with Crippen molar-refractivity contribution in [2.24, 2.45) is 4.99 Å². The molecule has 1 N–H and O–H groups in total. The molecule has 0 atom stereocenters. The summed E-state index contributed by atoms with van der Waals surface area (Å²) in [6, 6.07) is 11.6. The van der Waals surface area contributed by atoms with Crippen LogP contribution in [0.3, 0.4) is 0 Å². The molecule has 0 saturated carbocycles. The molecule has 0 spiro atoms. The molecule has 2 aromatic carbocycles. The molecule has 4 rings (SSSR count). The summed E-state index contributed by atoms with van der Waals surface area (Å²) in [6.07, 6.45) is 0. The maximum absolute atomic E-state index is 12.1. The fourth-order valence-electron chi connectivity index (χ4n) is 2.42. The van der Waals surface area contributed by atoms with Crippen LogP contribution in [-0.2, 0) is 4.79 Å². The zero-order valence-electron chi connectivity index (χ0n) is 11.3. The Bertz CT molecular complexity index is 911. The number of aromatic nitrogens is 1. The average molecular weight is 293 g/mol. The van der Waals surface area contributed by atoms with E-state index in [1.54, 1.807) is 11.3 Å². The van der Waals surface area contributed by atoms with E-state index in [-0.39, 0.29) is 5.91 Å². The lowest BCUT2D eigenvalue weighted by Crippen LogP contribution is -2.13. The minimum atomic E-state index is -0.153. The number of thiazole rings is 1. The third-order valence-electron chi connectivity index (χ3n) is 3.45. The van der Waals surface area contributed by atoms with Gasteiger partial charge in [0.05, 0.1) is 27.1 Å². The number of fused-ring (bicyclic) bond motifs is 2. The summed E-state index contributed by atoms with van der Waals surface area (Å²) in [6.45, 7) is 2.00. The van der Waals surface area contributed by atoms with E-state index in [2.05, 4.69) is 15.3 Å². The second kappa shape index (κ2) is 4.49. The third-order valence-corrected chi connectivity index (χ3v) is 4.24. The van der Waals surface area contributed by atoms with E-state index in [9.17, 15) is 4.79 Å². The standard InChI is InChI=1S/C16H11N3OS/c1-9-2-4-12-11(6-9)15(16(20)19-12)18-10-3-5-13-14(7-10)21-8-17-13/h2-8H,1H3,(H,18,19,20). The molecule has 0 fully saturated rings. The Morgan fingerprint density at radius 1 is 1.19 bits per heavy atom. The van der Waals surface area contributed by atoms with Gasteiger partial charge in [0.15, 0.2) is 0 Å². The molecule has 0 bridgehead atoms. The van der Waals surface area contributed by atoms with Crippen LogP contribution >= 0.6 is 11.3 Å². The Morgan fingerprint density at radius 3 is 3.00 bits per heavy atom. The van der Waals surface area contributed by atoms with Gasteiger partial charge in [-0.2, -0.15) is 0 Å². The highest BCUT2D eigenvalue weighted by Crippen LogP contribution is 2.28. The van der Waals surface area contributed by atoms with E-state index in [1.807, 2.05) is 48.8 Å². The van der Waals surface area contributed by atoms with E-state index < -0.39 is 0 Å². The molecule has 1 aromatic heterocycles. The molecule has 0 radical (unpaired) electrons. The quantitative estimate of drug-likeness (QED) is 0.744. The van der Waals surface area contributed by atoms with Crippen LogP contribution in [0, 0.1) is 6.92 Å². The number of rotatable bonds is 1. The van der Waals surface area contributed by atoms with Gasteiger partial charge in [0.1, 0.15) is 5.71 Å². The van der Waals surface area contributed by atoms with Crippen molar-refractivity contribution in [3.05, 3.63) is 53.0 Å². The predicted molar refractivity (Wildman–Crippen MR) is 85.6 cm³/mol. The number of amides is 1. The SMILES string of the molecule is Cc1ccc2c(c1)C(=Nc1ccc3ncsc3c1)C(=O)N2. The molecule has 0 unspecified atom stereocenters. The first-order chi connectivity index (χ1) is 10.2. The first-order valence-corrected chi connectivity index (χ1v) is 7.43. The van der Waals surface area contributed by atoms with Gasteiger partial charge in [-0.3, -0.25) is 4.79 Å². The minimum absolute atomic E-state index is 0.153. The van der Waals surface area contributed by atoms with Gasteiger partial charge in [-0.1, -0.05) is 11.6 Å². The molecule has 5 heteroatoms. The molecular weight excluding hydrogens is 282 g/mol. The lowest BCUT2D eigenvalue weighted by Gasteiger charge is -2.00. The first kappa shape index (κ1) is 12.2. The van der Waals surface area contributed by atoms with E-state index in [1.165, 1.54) is 0 Å². The summed E-state index contributed by atoms with van der Waals surface area (Å²) < 4.78 is 1.07. The lowest BCUT2D eigenvalue weighted by atomic mass is 10.1. The van der Waals surface area contributed by atoms with Gasteiger partial charge in [-0.15, -0.1) is 11.3 Å². The topological polar surface area (TPSA) is 54.4 Å². The van der Waals surface area contributed by atoms with Crippen molar-refractivity contribution in [3.8, 4) is 0 Å². The van der Waals surface area contributed by atoms with Crippen LogP contribution in [0.5, 0.6) is 0 Å². The Balaban J connectivity index is 1.85. The summed E-state index contributed by atoms with van der Waals surface area (Å²) >= 11 is 1.57. The molecule has 1 amide bonds. The molecule has 1 aliphatic heterocycles. The molecule has 3 aromatic rings. The zero-order valence-corrected chi connectivity index (χ0v) is 12.1. The molecule has 0 saturated heterocycles. The summed E-state index contributed by atoms with van der Waals surface area (Å²) in [4.78, 5) is 20.9. The molecule has 4 nitrogen and oxygen atoms in total. The van der Waals surface area contributed by atoms with Crippen molar-refractivity contribution >= 4 is 44.5 Å². The van der Waals surface area contributed by atoms with Crippen LogP contribution in [0.4, 0.5) is 11.4 Å². The maximum atomic E-state index is 12.1. The highest BCUT2D eigenvalue weighted by molar-refractivity contribution is 7.16. The lowest BCUT2D eigenvalue weighted by molar-refractivity contribution is -0.110. The van der Waals surface area contributed by atoms with E-state index in [0.29, 0.717) is 5.71 Å². The summed E-state index contributed by atoms with van der Waals surface area (Å²) in [5.74, 6) is -0.153. The van der Waals surface area contributed by atoms with Crippen molar-refractivity contribution in [1.82, 2.24) is 4.98 Å². The number of carbonyl (C=O) groups is 1. The number of aryl methyl sites for hydroxylation is 1. The van der Waals surface area contributed by atoms with Gasteiger partial charge in [0.2, 0.25) is 0 Å². The van der Waals surface area contributed by atoms with Crippen LogP contribution in [0.2, 0.25) is 0 Å². The second-order valence-electron chi connectivity index (χ2n) is 4.97. The monoisotopic (exact) mass is 293 g/mol. The molecule has 102 valence electrons. The predicted octanol–water partition coefficient (Wildman–Crippen LogP) is 3.68. The second-order valence-corrected chi connectivity index (χ2v) is 5.85. The van der Waals surface area contributed by atoms with Crippen molar-refractivity contribution in [2.45, 2.75) is 6.92 Å². The number of nitrogens with one attached hydrogen (secondary N) is 1. The number of benzene rings is 2. The summed E-state index contributed by atoms with van der Waals surface area (Å²) in [7, 11) is 0. The highest BCUT2D eigenvalue weighted by Gasteiger charge is 2.25. The van der Waals surface area contributed by atoms with E-state index in [4.69, 9.17) is 0 Å². The number of hydrogen-bond donors (Lipinski definition) is 1. The first-order valence-electron chi connectivity index (χ1n) is 6.55. The maximum Gasteiger partial charge on any atom is 0.275 e. The van der Waals surface area contributed by atoms with Gasteiger partial charge >= 0.3 is 0 Å². The summed E-state index contributed by atoms with van der Waals surface area (Å²) in [5, 5.41) is 2.85. The van der Waals surface area contributed by atoms with Crippen molar-refractivity contribution in [3.63, 3.8) is 0 Å². The van der Waals surface area contributed by atoms with Crippen molar-refractivity contribution in [1.29, 1.82) is 0 Å². The highest BCUT2D eigenvalue weighted by atomic mass is 32.1. The number of anilines is 1. The minimum Gasteiger partial charge on any atom is -0.320 e. The molecule has 1 aliphatic rings. The largest absolute Gasteiger partial charge is 0.320 e. The van der Waals surface area contributed by atoms with E-state index in [0.717, 1.165) is 32.7 Å². The van der Waals surface area contributed by atoms with Crippen LogP contribution < -0.4 is 5.32 Å². The molecule has 21 heavy (non-hydrogen) atoms. The van der Waals surface area contributed by atoms with Gasteiger partial charge in [0.25, 0.3) is 5.91 Å². The zero-order chi connectivity index (χ0) is 14.4. The van der Waals surface area contributed by atoms with Gasteiger partial charge in [0, 0.05) is 5.56 Å². The number of aliphatic imine (C=N–C) groups is 1. The Kier molecular flexibility index (Phi) is 2.62. The van der Waals surface area contributed by atoms with Crippen LogP contribution in [0.25, 0.3) is 10.2 Å². The molecule has 2 heterocycles. The number of hydrogen-bond acceptors (Lipinski definition) is 4. The van der Waals surface area contributed by atoms with Crippen LogP contribution in [0.15, 0.2) is 46.9 Å². The fourth-order valence-corrected chi connectivity index (χ4v) is 3.13. The van der Waals surface area contributed by atoms with Crippen molar-refractivity contribution in [2.75, 3.05) is 5.32 Å². The van der Waals surface area contributed by atoms with Crippen LogP contribution in [-0.4, -0.2) is 16.6 Å². The van der Waals surface area contributed by atoms with Gasteiger partial charge in [-0.25, -0.2) is 9.98 Å². The Morgan fingerprint density at radius 2 is 2.10 bits per heavy atom. The van der Waals surface area contributed by atoms with Gasteiger partial charge in [-0.05, 0) is 37.3 Å². The van der Waals surface area contributed by atoms with Crippen molar-refractivity contribution < 1.29 is 4.79 Å². The van der Waals surface area contributed by atoms with Crippen LogP contribution in [0.1, 0.15) is 11.1 Å². The average Bonchev–Trinajstić information content (AvgIpc) is 3.04. The third kappa shape index (κ3) is 2.02. The number of nitrogens with zero attached hydrogens (tertiary/aromatic N) is 2. The smallest absolute Gasteiger partial charge is 0.275 e. The molecular formula is C16H11N3OS. The van der Waals surface area contributed by atoms with Gasteiger partial charge < -0.3 is 5.32 Å². The number of carbonyl (C=O) groups excluding carboxylic acids is 1. The summed E-state index contributed by atoms with van der Waals surface area (Å²) in [5.41, 5.74) is 6.80. The molecule has 0 aliphatic carbocycles. The fraction of sp³-hybridized carbons (Fsp3) is 0.0625. The normalized spacial score (nSPS) is 15.5. The Labute approximate surface area is 125 Å².